The van der Waals surface area contributed by atoms with Crippen LogP contribution in [-0.4, -0.2) is 57.6 Å². The van der Waals surface area contributed by atoms with Crippen molar-refractivity contribution < 1.29 is 22.7 Å². The van der Waals surface area contributed by atoms with Crippen molar-refractivity contribution in [3.8, 4) is 5.75 Å². The van der Waals surface area contributed by atoms with Gasteiger partial charge in [-0.05, 0) is 49.6 Å². The minimum atomic E-state index is -3.62. The fraction of sp³-hybridized carbons (Fsp3) is 0.440. The van der Waals surface area contributed by atoms with E-state index in [0.717, 1.165) is 11.8 Å². The van der Waals surface area contributed by atoms with Gasteiger partial charge in [0.15, 0.2) is 0 Å². The van der Waals surface area contributed by atoms with Crippen molar-refractivity contribution in [2.45, 2.75) is 45.7 Å². The van der Waals surface area contributed by atoms with E-state index < -0.39 is 16.1 Å². The van der Waals surface area contributed by atoms with Crippen molar-refractivity contribution in [2.24, 2.45) is 0 Å². The summed E-state index contributed by atoms with van der Waals surface area (Å²) in [5.74, 6) is -0.0260. The van der Waals surface area contributed by atoms with Crippen LogP contribution in [-0.2, 0) is 26.2 Å². The number of carbonyl (C=O) groups excluding carboxylic acids is 2. The van der Waals surface area contributed by atoms with Gasteiger partial charge < -0.3 is 15.0 Å². The Morgan fingerprint density at radius 1 is 1.09 bits per heavy atom. The van der Waals surface area contributed by atoms with E-state index in [1.165, 1.54) is 11.4 Å². The zero-order valence-electron chi connectivity index (χ0n) is 20.7. The summed E-state index contributed by atoms with van der Waals surface area (Å²) in [6, 6.07) is 13.4. The van der Waals surface area contributed by atoms with Gasteiger partial charge >= 0.3 is 0 Å². The Bertz CT molecular complexity index is 1090. The molecule has 1 atom stereocenters. The molecule has 0 fully saturated rings. The number of amides is 2. The first-order valence-corrected chi connectivity index (χ1v) is 13.8. The molecular weight excluding hydrogens is 490 g/mol. The molecule has 1 N–H and O–H groups in total. The molecule has 0 heterocycles. The van der Waals surface area contributed by atoms with Crippen molar-refractivity contribution in [3.63, 3.8) is 0 Å². The molecule has 192 valence electrons. The van der Waals surface area contributed by atoms with Crippen molar-refractivity contribution in [3.05, 3.63) is 59.1 Å². The van der Waals surface area contributed by atoms with Crippen LogP contribution >= 0.6 is 11.6 Å². The van der Waals surface area contributed by atoms with Gasteiger partial charge in [0.1, 0.15) is 11.8 Å². The molecule has 0 aliphatic heterocycles. The number of anilines is 1. The molecular formula is C25H34ClN3O5S. The Labute approximate surface area is 213 Å². The van der Waals surface area contributed by atoms with Crippen LogP contribution in [0.25, 0.3) is 0 Å². The van der Waals surface area contributed by atoms with Crippen molar-refractivity contribution >= 4 is 39.1 Å². The highest BCUT2D eigenvalue weighted by Gasteiger charge is 2.28. The average Bonchev–Trinajstić information content (AvgIpc) is 2.82. The maximum atomic E-state index is 13.3. The molecule has 2 amide bonds. The summed E-state index contributed by atoms with van der Waals surface area (Å²) < 4.78 is 32.0. The quantitative estimate of drug-likeness (QED) is 0.430. The second-order valence-electron chi connectivity index (χ2n) is 8.03. The molecule has 0 spiro atoms. The number of para-hydroxylation sites is 2. The Balaban J connectivity index is 2.21. The molecule has 0 saturated heterocycles. The molecule has 0 aromatic heterocycles. The molecule has 8 nitrogen and oxygen atoms in total. The van der Waals surface area contributed by atoms with E-state index in [4.69, 9.17) is 16.3 Å². The predicted octanol–water partition coefficient (Wildman–Crippen LogP) is 3.84. The number of hydrogen-bond acceptors (Lipinski definition) is 5. The van der Waals surface area contributed by atoms with Gasteiger partial charge in [-0.1, -0.05) is 42.8 Å². The highest BCUT2D eigenvalue weighted by atomic mass is 35.5. The lowest BCUT2D eigenvalue weighted by atomic mass is 10.1. The molecule has 0 saturated carbocycles. The number of ether oxygens (including phenoxy) is 1. The zero-order valence-corrected chi connectivity index (χ0v) is 22.2. The fourth-order valence-corrected chi connectivity index (χ4v) is 4.89. The third kappa shape index (κ3) is 8.14. The normalized spacial score (nSPS) is 12.0. The first-order chi connectivity index (χ1) is 16.6. The topological polar surface area (TPSA) is 96.0 Å². The van der Waals surface area contributed by atoms with Gasteiger partial charge in [-0.15, -0.1) is 0 Å². The van der Waals surface area contributed by atoms with Crippen molar-refractivity contribution in [1.82, 2.24) is 10.2 Å². The van der Waals surface area contributed by atoms with Gasteiger partial charge in [0.2, 0.25) is 21.8 Å². The summed E-state index contributed by atoms with van der Waals surface area (Å²) in [5, 5.41) is 3.21. The van der Waals surface area contributed by atoms with E-state index in [1.54, 1.807) is 41.3 Å². The molecule has 0 bridgehead atoms. The third-order valence-corrected chi connectivity index (χ3v) is 6.92. The second-order valence-corrected chi connectivity index (χ2v) is 10.4. The fourth-order valence-electron chi connectivity index (χ4n) is 3.80. The number of nitrogens with one attached hydrogen (secondary N) is 1. The highest BCUT2D eigenvalue weighted by molar-refractivity contribution is 7.92. The Morgan fingerprint density at radius 2 is 1.74 bits per heavy atom. The highest BCUT2D eigenvalue weighted by Crippen LogP contribution is 2.30. The average molecular weight is 524 g/mol. The molecule has 2 aromatic rings. The third-order valence-electron chi connectivity index (χ3n) is 5.48. The zero-order chi connectivity index (χ0) is 26.0. The van der Waals surface area contributed by atoms with Gasteiger partial charge in [-0.3, -0.25) is 13.9 Å². The van der Waals surface area contributed by atoms with Crippen LogP contribution in [0.4, 0.5) is 5.69 Å². The Kier molecular flexibility index (Phi) is 10.9. The van der Waals surface area contributed by atoms with E-state index in [-0.39, 0.29) is 37.7 Å². The molecule has 0 aliphatic carbocycles. The number of hydrogen-bond donors (Lipinski definition) is 1. The molecule has 0 radical (unpaired) electrons. The van der Waals surface area contributed by atoms with Crippen LogP contribution in [0.15, 0.2) is 48.5 Å². The number of nitrogens with zero attached hydrogens (tertiary/aromatic N) is 2. The van der Waals surface area contributed by atoms with E-state index >= 15 is 0 Å². The van der Waals surface area contributed by atoms with E-state index in [1.807, 2.05) is 26.0 Å². The lowest BCUT2D eigenvalue weighted by Crippen LogP contribution is -2.48. The van der Waals surface area contributed by atoms with E-state index in [9.17, 15) is 18.0 Å². The first-order valence-electron chi connectivity index (χ1n) is 11.6. The first kappa shape index (κ1) is 28.5. The lowest BCUT2D eigenvalue weighted by Gasteiger charge is -2.31. The predicted molar refractivity (Wildman–Crippen MR) is 139 cm³/mol. The van der Waals surface area contributed by atoms with Crippen LogP contribution in [0.1, 0.15) is 38.7 Å². The molecule has 10 heteroatoms. The summed E-state index contributed by atoms with van der Waals surface area (Å²) in [6.45, 7) is 4.40. The summed E-state index contributed by atoms with van der Waals surface area (Å²) in [6.07, 6.45) is 1.91. The van der Waals surface area contributed by atoms with Gasteiger partial charge in [0, 0.05) is 31.6 Å². The van der Waals surface area contributed by atoms with Crippen molar-refractivity contribution in [2.75, 3.05) is 30.8 Å². The number of carbonyl (C=O) groups is 2. The lowest BCUT2D eigenvalue weighted by molar-refractivity contribution is -0.141. The Hall–Kier alpha value is -2.78. The minimum Gasteiger partial charge on any atom is -0.492 e. The monoisotopic (exact) mass is 523 g/mol. The minimum absolute atomic E-state index is 0.0733. The molecule has 0 aliphatic rings. The smallest absolute Gasteiger partial charge is 0.242 e. The number of likely N-dealkylation sites (N-methyl/N-ethyl adjacent to an activating group) is 1. The molecule has 2 aromatic carbocycles. The maximum Gasteiger partial charge on any atom is 0.242 e. The Morgan fingerprint density at radius 3 is 2.31 bits per heavy atom. The second kappa shape index (κ2) is 13.3. The van der Waals surface area contributed by atoms with Gasteiger partial charge in [-0.2, -0.15) is 0 Å². The van der Waals surface area contributed by atoms with E-state index in [2.05, 4.69) is 5.32 Å². The number of rotatable bonds is 13. The van der Waals surface area contributed by atoms with E-state index in [0.29, 0.717) is 29.5 Å². The molecule has 0 unspecified atom stereocenters. The van der Waals surface area contributed by atoms with Crippen LogP contribution in [0.3, 0.4) is 0 Å². The van der Waals surface area contributed by atoms with Crippen LogP contribution < -0.4 is 14.4 Å². The van der Waals surface area contributed by atoms with Crippen LogP contribution in [0.2, 0.25) is 5.02 Å². The summed E-state index contributed by atoms with van der Waals surface area (Å²) in [4.78, 5) is 27.3. The number of sulfonamides is 1. The molecule has 2 rings (SSSR count). The van der Waals surface area contributed by atoms with Crippen LogP contribution in [0, 0.1) is 0 Å². The number of halogens is 1. The summed E-state index contributed by atoms with van der Waals surface area (Å²) in [7, 11) is -2.08. The SMILES string of the molecule is CCOc1ccccc1N(CCCC(=O)N(Cc1ccc(Cl)cc1)[C@H](CC)C(=O)NC)S(C)(=O)=O. The maximum absolute atomic E-state index is 13.3. The largest absolute Gasteiger partial charge is 0.492 e. The van der Waals surface area contributed by atoms with Crippen molar-refractivity contribution in [1.29, 1.82) is 0 Å². The summed E-state index contributed by atoms with van der Waals surface area (Å²) >= 11 is 5.98. The summed E-state index contributed by atoms with van der Waals surface area (Å²) in [5.41, 5.74) is 1.27. The van der Waals surface area contributed by atoms with Gasteiger partial charge in [-0.25, -0.2) is 8.42 Å². The van der Waals surface area contributed by atoms with Gasteiger partial charge in [0.25, 0.3) is 0 Å². The standard InChI is InChI=1S/C25H34ClN3O5S/c1-5-21(25(31)27-3)28(18-19-13-15-20(26)16-14-19)24(30)12-9-17-29(35(4,32)33)22-10-7-8-11-23(22)34-6-2/h7-8,10-11,13-16,21H,5-6,9,12,17-18H2,1-4H3,(H,27,31)/t21-/m1/s1. The van der Waals surface area contributed by atoms with Gasteiger partial charge in [0.05, 0.1) is 18.6 Å². The number of benzene rings is 2. The molecule has 35 heavy (non-hydrogen) atoms. The van der Waals surface area contributed by atoms with Crippen LogP contribution in [0.5, 0.6) is 5.75 Å².